The molecule has 0 aromatic carbocycles. The Bertz CT molecular complexity index is 872. The van der Waals surface area contributed by atoms with Gasteiger partial charge in [0.05, 0.1) is 31.3 Å². The van der Waals surface area contributed by atoms with Gasteiger partial charge in [0.2, 0.25) is 5.91 Å². The predicted molar refractivity (Wildman–Crippen MR) is 152 cm³/mol. The van der Waals surface area contributed by atoms with Crippen LogP contribution in [0.4, 0.5) is 8.78 Å². The second kappa shape index (κ2) is 13.3. The van der Waals surface area contributed by atoms with Gasteiger partial charge in [-0.25, -0.2) is 10.9 Å². The summed E-state index contributed by atoms with van der Waals surface area (Å²) in [6.45, 7) is 5.12. The van der Waals surface area contributed by atoms with Crippen molar-refractivity contribution in [2.75, 3.05) is 46.4 Å². The van der Waals surface area contributed by atoms with Crippen LogP contribution in [0.25, 0.3) is 0 Å². The lowest BCUT2D eigenvalue weighted by Crippen LogP contribution is -2.67. The van der Waals surface area contributed by atoms with E-state index < -0.39 is 6.61 Å². The molecule has 0 aromatic heterocycles. The van der Waals surface area contributed by atoms with E-state index in [0.717, 1.165) is 97.2 Å². The molecule has 4 aliphatic heterocycles. The van der Waals surface area contributed by atoms with Crippen LogP contribution in [0.3, 0.4) is 0 Å². The van der Waals surface area contributed by atoms with Crippen molar-refractivity contribution in [1.29, 1.82) is 0 Å². The summed E-state index contributed by atoms with van der Waals surface area (Å²) in [6.07, 6.45) is 8.99. The molecule has 6 aliphatic rings. The van der Waals surface area contributed by atoms with Crippen molar-refractivity contribution in [3.05, 3.63) is 0 Å². The molecule has 7 unspecified atom stereocenters. The summed E-state index contributed by atoms with van der Waals surface area (Å²) in [6, 6.07) is 0.855. The number of hydrogen-bond acceptors (Lipinski definition) is 9. The van der Waals surface area contributed by atoms with Crippen molar-refractivity contribution in [3.8, 4) is 0 Å². The van der Waals surface area contributed by atoms with E-state index in [2.05, 4.69) is 55.5 Å². The van der Waals surface area contributed by atoms with Gasteiger partial charge in [-0.3, -0.25) is 30.5 Å². The summed E-state index contributed by atoms with van der Waals surface area (Å²) < 4.78 is 30.1. The number of carbonyl (C=O) groups is 1. The Balaban J connectivity index is 0.957. The Morgan fingerprint density at radius 3 is 2.41 bits per heavy atom. The lowest BCUT2D eigenvalue weighted by molar-refractivity contribution is -0.172. The Morgan fingerprint density at radius 1 is 0.951 bits per heavy atom. The molecule has 12 heteroatoms. The molecular formula is C29H52F2N8O2. The molecule has 234 valence electrons. The fourth-order valence-electron chi connectivity index (χ4n) is 8.90. The van der Waals surface area contributed by atoms with Crippen LogP contribution >= 0.6 is 0 Å². The van der Waals surface area contributed by atoms with Gasteiger partial charge in [-0.1, -0.05) is 6.92 Å². The van der Waals surface area contributed by atoms with Gasteiger partial charge in [0, 0.05) is 50.7 Å². The first kappa shape index (κ1) is 30.1. The Morgan fingerprint density at radius 2 is 1.73 bits per heavy atom. The van der Waals surface area contributed by atoms with Gasteiger partial charge >= 0.3 is 6.61 Å². The van der Waals surface area contributed by atoms with Crippen molar-refractivity contribution >= 4 is 5.91 Å². The zero-order chi connectivity index (χ0) is 28.5. The first-order chi connectivity index (χ1) is 19.9. The fourth-order valence-corrected chi connectivity index (χ4v) is 8.90. The number of fused-ring (bicyclic) bond motifs is 1. The van der Waals surface area contributed by atoms with E-state index in [1.54, 1.807) is 0 Å². The molecule has 0 radical (unpaired) electrons. The molecule has 2 aliphatic carbocycles. The maximum atomic E-state index is 13.6. The fraction of sp³-hybridized carbons (Fsp3) is 0.966. The molecular weight excluding hydrogens is 530 g/mol. The summed E-state index contributed by atoms with van der Waals surface area (Å²) >= 11 is 0. The summed E-state index contributed by atoms with van der Waals surface area (Å²) in [5.74, 6) is 1.98. The highest BCUT2D eigenvalue weighted by Gasteiger charge is 2.45. The average molecular weight is 583 g/mol. The zero-order valence-corrected chi connectivity index (χ0v) is 24.9. The van der Waals surface area contributed by atoms with Crippen LogP contribution in [0.2, 0.25) is 0 Å². The maximum Gasteiger partial charge on any atom is 0.345 e. The van der Waals surface area contributed by atoms with Gasteiger partial charge in [-0.05, 0) is 82.6 Å². The number of amides is 1. The number of nitrogens with zero attached hydrogens (tertiary/aromatic N) is 3. The summed E-state index contributed by atoms with van der Waals surface area (Å²) in [5, 5.41) is 11.4. The number of carbonyl (C=O) groups excluding carboxylic acids is 1. The lowest BCUT2D eigenvalue weighted by Gasteiger charge is -2.45. The Kier molecular flexibility index (Phi) is 9.78. The molecule has 0 spiro atoms. The Labute approximate surface area is 244 Å². The molecule has 10 nitrogen and oxygen atoms in total. The molecule has 4 saturated heterocycles. The van der Waals surface area contributed by atoms with E-state index in [1.165, 1.54) is 0 Å². The van der Waals surface area contributed by atoms with E-state index in [0.29, 0.717) is 41.9 Å². The zero-order valence-electron chi connectivity index (χ0n) is 24.9. The van der Waals surface area contributed by atoms with Gasteiger partial charge in [0.1, 0.15) is 0 Å². The standard InChI is InChI=1S/C29H52F2N8O2/c1-18-15-21(5-8-23(18)28(40)38-12-9-20(10-13-38)26-36-34-17-37(26)2)35-25-27-33-16-24(39(27)14-11-32-25)19-3-6-22(7-4-19)41-29(30)31/h18-27,29,32-36H,3-17H2,1-2H3. The monoisotopic (exact) mass is 582 g/mol. The average Bonchev–Trinajstić information content (AvgIpc) is 3.60. The number of rotatable bonds is 7. The van der Waals surface area contributed by atoms with Crippen LogP contribution in [0.15, 0.2) is 0 Å². The van der Waals surface area contributed by atoms with Crippen molar-refractivity contribution in [1.82, 2.24) is 41.5 Å². The van der Waals surface area contributed by atoms with Crippen LogP contribution in [0.5, 0.6) is 0 Å². The molecule has 5 N–H and O–H groups in total. The predicted octanol–water partition coefficient (Wildman–Crippen LogP) is 1.27. The minimum absolute atomic E-state index is 0.132. The van der Waals surface area contributed by atoms with Gasteiger partial charge in [-0.2, -0.15) is 8.78 Å². The summed E-state index contributed by atoms with van der Waals surface area (Å²) in [5.41, 5.74) is 6.63. The number of ether oxygens (including phenoxy) is 1. The number of alkyl halides is 2. The van der Waals surface area contributed by atoms with Gasteiger partial charge in [0.25, 0.3) is 0 Å². The number of piperidine rings is 1. The molecule has 4 heterocycles. The van der Waals surface area contributed by atoms with Gasteiger partial charge in [-0.15, -0.1) is 0 Å². The SMILES string of the molecule is CC1CC(NC2NCCN3C(C4CCC(OC(F)F)CC4)CNC23)CCC1C(=O)N1CCC(C2NNCN2C)CC1. The first-order valence-electron chi connectivity index (χ1n) is 16.3. The van der Waals surface area contributed by atoms with Crippen LogP contribution in [0.1, 0.15) is 64.7 Å². The third-order valence-electron chi connectivity index (χ3n) is 11.2. The first-order valence-corrected chi connectivity index (χ1v) is 16.3. The second-order valence-electron chi connectivity index (χ2n) is 13.6. The van der Waals surface area contributed by atoms with Crippen LogP contribution in [-0.4, -0.2) is 110 Å². The summed E-state index contributed by atoms with van der Waals surface area (Å²) in [4.78, 5) is 20.6. The van der Waals surface area contributed by atoms with E-state index in [4.69, 9.17) is 4.74 Å². The normalized spacial score (nSPS) is 41.7. The highest BCUT2D eigenvalue weighted by molar-refractivity contribution is 5.79. The van der Waals surface area contributed by atoms with Crippen molar-refractivity contribution in [2.45, 2.75) is 108 Å². The molecule has 1 amide bonds. The topological polar surface area (TPSA) is 96.2 Å². The maximum absolute atomic E-state index is 13.6. The Hall–Kier alpha value is -0.990. The number of nitrogens with one attached hydrogen (secondary N) is 5. The van der Waals surface area contributed by atoms with E-state index in [1.807, 2.05) is 0 Å². The molecule has 6 rings (SSSR count). The molecule has 2 saturated carbocycles. The molecule has 41 heavy (non-hydrogen) atoms. The van der Waals surface area contributed by atoms with E-state index in [-0.39, 0.29) is 24.4 Å². The molecule has 0 aromatic rings. The van der Waals surface area contributed by atoms with Gasteiger partial charge in [0.15, 0.2) is 0 Å². The van der Waals surface area contributed by atoms with Gasteiger partial charge < -0.3 is 9.64 Å². The second-order valence-corrected chi connectivity index (χ2v) is 13.6. The third kappa shape index (κ3) is 6.74. The molecule has 7 atom stereocenters. The van der Waals surface area contributed by atoms with Crippen LogP contribution in [-0.2, 0) is 9.53 Å². The number of halogens is 2. The van der Waals surface area contributed by atoms with Crippen LogP contribution < -0.4 is 26.8 Å². The molecule has 0 bridgehead atoms. The highest BCUT2D eigenvalue weighted by atomic mass is 19.3. The minimum atomic E-state index is -2.66. The number of hydrogen-bond donors (Lipinski definition) is 5. The van der Waals surface area contributed by atoms with Crippen LogP contribution in [0, 0.1) is 23.7 Å². The van der Waals surface area contributed by atoms with Crippen molar-refractivity contribution in [2.24, 2.45) is 23.7 Å². The van der Waals surface area contributed by atoms with Crippen molar-refractivity contribution < 1.29 is 18.3 Å². The number of likely N-dealkylation sites (tertiary alicyclic amines) is 1. The minimum Gasteiger partial charge on any atom is -0.342 e. The third-order valence-corrected chi connectivity index (χ3v) is 11.2. The van der Waals surface area contributed by atoms with Crippen molar-refractivity contribution in [3.63, 3.8) is 0 Å². The lowest BCUT2D eigenvalue weighted by atomic mass is 9.76. The largest absolute Gasteiger partial charge is 0.345 e. The van der Waals surface area contributed by atoms with E-state index in [9.17, 15) is 13.6 Å². The highest BCUT2D eigenvalue weighted by Crippen LogP contribution is 2.36. The molecule has 6 fully saturated rings. The smallest absolute Gasteiger partial charge is 0.342 e. The van der Waals surface area contributed by atoms with E-state index >= 15 is 0 Å². The summed E-state index contributed by atoms with van der Waals surface area (Å²) in [7, 11) is 2.15. The number of hydrazine groups is 1. The number of piperazine rings is 1. The quantitative estimate of drug-likeness (QED) is 0.304.